The number of fused-ring (bicyclic) bond motifs is 12. The van der Waals surface area contributed by atoms with Gasteiger partial charge < -0.3 is 21.3 Å². The van der Waals surface area contributed by atoms with E-state index in [1.165, 1.54) is 30.5 Å². The third kappa shape index (κ3) is 13.0. The zero-order valence-electron chi connectivity index (χ0n) is 54.5. The van der Waals surface area contributed by atoms with Crippen LogP contribution >= 0.6 is 76.4 Å². The average Bonchev–Trinajstić information content (AvgIpc) is 1.62. The van der Waals surface area contributed by atoms with E-state index in [0.29, 0.717) is 129 Å². The number of para-hydroxylation sites is 1. The first-order valence-corrected chi connectivity index (χ1v) is 34.4. The summed E-state index contributed by atoms with van der Waals surface area (Å²) in [7, 11) is 0. The lowest BCUT2D eigenvalue weighted by molar-refractivity contribution is 0.847. The molecule has 8 N–H and O–H groups in total. The number of aromatic amines is 4. The maximum atomic E-state index is 12.9. The average molecular weight is 1510 g/mol. The molecule has 0 saturated carbocycles. The highest BCUT2D eigenvalue weighted by Crippen LogP contribution is 2.26. The van der Waals surface area contributed by atoms with Crippen LogP contribution in [0.2, 0.25) is 5.02 Å². The number of hydrogen-bond acceptors (Lipinski definition) is 16. The molecule has 4 aromatic carbocycles. The minimum atomic E-state index is -0.186. The number of rotatable bonds is 9. The number of aromatic nitrogens is 20. The van der Waals surface area contributed by atoms with Gasteiger partial charge in [0.25, 0.3) is 22.2 Å². The highest BCUT2D eigenvalue weighted by Gasteiger charge is 2.22. The minimum Gasteiger partial charge on any atom is -0.361 e. The molecular weight excluding hydrogens is 1450 g/mol. The molecular formula is C67H60BrClN24O4S4. The van der Waals surface area contributed by atoms with Crippen LogP contribution in [-0.2, 0) is 0 Å². The first kappa shape index (κ1) is 68.3. The van der Waals surface area contributed by atoms with Gasteiger partial charge >= 0.3 is 0 Å². The van der Waals surface area contributed by atoms with E-state index in [0.717, 1.165) is 43.1 Å². The van der Waals surface area contributed by atoms with Crippen molar-refractivity contribution in [2.24, 2.45) is 0 Å². The summed E-state index contributed by atoms with van der Waals surface area (Å²) in [6.45, 7) is 14.9. The zero-order valence-corrected chi connectivity index (χ0v) is 60.1. The van der Waals surface area contributed by atoms with Crippen LogP contribution in [0.25, 0.3) is 110 Å². The van der Waals surface area contributed by atoms with Crippen molar-refractivity contribution in [2.75, 3.05) is 26.2 Å². The maximum absolute atomic E-state index is 12.9. The van der Waals surface area contributed by atoms with Crippen LogP contribution in [0.4, 0.5) is 0 Å². The van der Waals surface area contributed by atoms with Crippen LogP contribution in [0, 0.1) is 0 Å². The quantitative estimate of drug-likeness (QED) is 0.0623. The van der Waals surface area contributed by atoms with Crippen molar-refractivity contribution in [3.63, 3.8) is 0 Å². The molecule has 16 rings (SSSR count). The molecule has 12 aromatic heterocycles. The molecule has 0 aliphatic rings. The van der Waals surface area contributed by atoms with Crippen molar-refractivity contribution in [1.29, 1.82) is 0 Å². The monoisotopic (exact) mass is 1510 g/mol. The van der Waals surface area contributed by atoms with E-state index in [4.69, 9.17) is 60.5 Å². The van der Waals surface area contributed by atoms with E-state index >= 15 is 0 Å². The third-order valence-corrected chi connectivity index (χ3v) is 18.2. The lowest BCUT2D eigenvalue weighted by Gasteiger charge is -2.06. The Bertz CT molecular complexity index is 5930. The predicted molar refractivity (Wildman–Crippen MR) is 413 cm³/mol. The molecule has 0 spiro atoms. The number of nitrogens with zero attached hydrogens (tertiary/aromatic N) is 16. The fourth-order valence-electron chi connectivity index (χ4n) is 11.2. The van der Waals surface area contributed by atoms with E-state index in [-0.39, 0.29) is 22.2 Å². The first-order valence-electron chi connectivity index (χ1n) is 31.6. The Labute approximate surface area is 605 Å². The second-order valence-corrected chi connectivity index (χ2v) is 25.6. The molecule has 101 heavy (non-hydrogen) atoms. The molecule has 16 aromatic rings. The number of H-pyrrole nitrogens is 4. The lowest BCUT2D eigenvalue weighted by atomic mass is 10.0. The van der Waals surface area contributed by atoms with Gasteiger partial charge in [-0.3, -0.25) is 39.6 Å². The van der Waals surface area contributed by atoms with Crippen LogP contribution in [-0.4, -0.2) is 145 Å². The fraction of sp³-hybridized carbons (Fsp3) is 0.164. The molecule has 0 atom stereocenters. The smallest absolute Gasteiger partial charge is 0.280 e. The van der Waals surface area contributed by atoms with Crippen LogP contribution < -0.4 is 43.5 Å². The van der Waals surface area contributed by atoms with E-state index in [1.807, 2.05) is 107 Å². The van der Waals surface area contributed by atoms with Crippen molar-refractivity contribution in [2.45, 2.75) is 47.5 Å². The number of pyridine rings is 4. The normalized spacial score (nSPS) is 11.3. The number of hydrogen-bond donors (Lipinski definition) is 8. The van der Waals surface area contributed by atoms with Crippen molar-refractivity contribution in [1.82, 2.24) is 119 Å². The van der Waals surface area contributed by atoms with E-state index in [9.17, 15) is 19.2 Å². The van der Waals surface area contributed by atoms with Gasteiger partial charge in [0.15, 0.2) is 43.0 Å². The van der Waals surface area contributed by atoms with Gasteiger partial charge in [-0.15, -0.1) is 0 Å². The predicted octanol–water partition coefficient (Wildman–Crippen LogP) is 9.76. The minimum absolute atomic E-state index is 0.140. The van der Waals surface area contributed by atoms with Crippen molar-refractivity contribution in [3.8, 4) is 22.7 Å². The second kappa shape index (κ2) is 28.9. The number of halogens is 2. The van der Waals surface area contributed by atoms with E-state index in [2.05, 4.69) is 112 Å². The summed E-state index contributed by atoms with van der Waals surface area (Å²) in [5.74, 6) is 0.439. The molecule has 0 saturated heterocycles. The van der Waals surface area contributed by atoms with Crippen LogP contribution in [0.5, 0.6) is 0 Å². The Morgan fingerprint density at radius 1 is 0.396 bits per heavy atom. The first-order chi connectivity index (χ1) is 48.9. The van der Waals surface area contributed by atoms with E-state index in [1.54, 1.807) is 86.4 Å². The number of thiocarbonyl (C=S) groups is 4. The molecule has 510 valence electrons. The number of benzene rings is 4. The van der Waals surface area contributed by atoms with Crippen molar-refractivity contribution < 1.29 is 0 Å². The molecule has 0 aliphatic carbocycles. The Morgan fingerprint density at radius 2 is 0.663 bits per heavy atom. The Balaban J connectivity index is 0.000000120. The van der Waals surface area contributed by atoms with Crippen molar-refractivity contribution >= 4 is 185 Å². The highest BCUT2D eigenvalue weighted by atomic mass is 79.9. The van der Waals surface area contributed by atoms with E-state index < -0.39 is 0 Å². The van der Waals surface area contributed by atoms with Gasteiger partial charge in [0.2, 0.25) is 0 Å². The van der Waals surface area contributed by atoms with Crippen LogP contribution in [0.3, 0.4) is 0 Å². The molecule has 28 nitrogen and oxygen atoms in total. The summed E-state index contributed by atoms with van der Waals surface area (Å²) in [6, 6.07) is 31.9. The standard InChI is InChI=1S/C19H20N6OS.C16H13BrN6OS.C16H13ClN6OS.C16H14N6OS/c1-4-20-19(27)25-17-14(10-22-25)16-15(9-21-17)18(26)24(23-16)13-7-5-12(6-8-13)11(2)3;2*1-2-18-16(25)23-14-11(8-20-23)13-12(7-19-14)15(24)22(21-13)10-5-3-9(17)4-6-10;1-2-17-16(24)22-14-11(9-19-22)13-12(8-18-14)15(23)21(20-13)10-6-4-3-5-7-10/h5-11,23H,4H2,1-3H3,(H,20,27);2*3-8,21H,2H2,1H3,(H,18,25);3-9,20H,2H2,1H3,(H,17,24). The van der Waals surface area contributed by atoms with Gasteiger partial charge in [0, 0.05) is 60.5 Å². The Hall–Kier alpha value is -11.2. The molecule has 0 fully saturated rings. The van der Waals surface area contributed by atoms with Crippen molar-refractivity contribution in [3.05, 3.63) is 209 Å². The molecule has 0 radical (unpaired) electrons. The van der Waals surface area contributed by atoms with Gasteiger partial charge in [-0.05, 0) is 161 Å². The summed E-state index contributed by atoms with van der Waals surface area (Å²) in [5.41, 5.74) is 8.72. The maximum Gasteiger partial charge on any atom is 0.280 e. The third-order valence-electron chi connectivity index (χ3n) is 16.1. The summed E-state index contributed by atoms with van der Waals surface area (Å²) >= 11 is 30.6. The van der Waals surface area contributed by atoms with Crippen LogP contribution in [0.1, 0.15) is 53.0 Å². The Morgan fingerprint density at radius 3 is 0.941 bits per heavy atom. The summed E-state index contributed by atoms with van der Waals surface area (Å²) < 4.78 is 13.2. The number of nitrogens with one attached hydrogen (secondary N) is 8. The van der Waals surface area contributed by atoms with Gasteiger partial charge in [-0.1, -0.05) is 71.7 Å². The Kier molecular flexibility index (Phi) is 19.6. The highest BCUT2D eigenvalue weighted by molar-refractivity contribution is 9.10. The molecule has 0 aliphatic heterocycles. The zero-order chi connectivity index (χ0) is 70.9. The summed E-state index contributed by atoms with van der Waals surface area (Å²) in [4.78, 5) is 68.5. The van der Waals surface area contributed by atoms with Crippen LogP contribution in [0.15, 0.2) is 176 Å². The molecule has 34 heteroatoms. The lowest BCUT2D eigenvalue weighted by Crippen LogP contribution is -2.28. The molecule has 0 amide bonds. The molecule has 0 unspecified atom stereocenters. The molecule has 0 bridgehead atoms. The topological polar surface area (TPSA) is 322 Å². The SMILES string of the molecule is CCNC(=S)n1ncc2c3[nH]n(-c4ccc(Br)cc4)c(=O)c3cnc21.CCNC(=S)n1ncc2c3[nH]n(-c4ccc(C(C)C)cc4)c(=O)c3cnc21.CCNC(=S)n1ncc2c3[nH]n(-c4ccc(Cl)cc4)c(=O)c3cnc21.CCNC(=S)n1ncc2c3[nH]n(-c4ccccc4)c(=O)c3cnc21. The molecule has 12 heterocycles. The van der Waals surface area contributed by atoms with Gasteiger partial charge in [-0.2, -0.15) is 39.1 Å². The fourth-order valence-corrected chi connectivity index (χ4v) is 12.7. The summed E-state index contributed by atoms with van der Waals surface area (Å²) in [5, 5.41) is 49.5. The summed E-state index contributed by atoms with van der Waals surface area (Å²) in [6.07, 6.45) is 12.9. The second-order valence-electron chi connectivity index (χ2n) is 22.7. The van der Waals surface area contributed by atoms with Gasteiger partial charge in [0.1, 0.15) is 0 Å². The van der Waals surface area contributed by atoms with Gasteiger partial charge in [0.05, 0.1) is 113 Å². The largest absolute Gasteiger partial charge is 0.361 e. The van der Waals surface area contributed by atoms with Gasteiger partial charge in [-0.25, -0.2) is 38.7 Å².